The summed E-state index contributed by atoms with van der Waals surface area (Å²) in [5, 5.41) is 12.3. The molecule has 1 unspecified atom stereocenters. The van der Waals surface area contributed by atoms with Crippen molar-refractivity contribution in [3.05, 3.63) is 0 Å². The van der Waals surface area contributed by atoms with Crippen molar-refractivity contribution >= 4 is 12.0 Å². The molecule has 0 aliphatic heterocycles. The summed E-state index contributed by atoms with van der Waals surface area (Å²) in [6.07, 6.45) is -1.61. The van der Waals surface area contributed by atoms with Gasteiger partial charge in [0.1, 0.15) is 0 Å². The Morgan fingerprint density at radius 3 is 2.16 bits per heavy atom. The van der Waals surface area contributed by atoms with E-state index in [0.29, 0.717) is 13.3 Å². The second-order valence-electron chi connectivity index (χ2n) is 4.37. The van der Waals surface area contributed by atoms with Gasteiger partial charge in [-0.3, -0.25) is 0 Å². The van der Waals surface area contributed by atoms with E-state index < -0.39 is 23.7 Å². The van der Waals surface area contributed by atoms with E-state index in [0.717, 1.165) is 19.3 Å². The molecule has 0 heterocycles. The average molecular weight is 284 g/mol. The maximum absolute atomic E-state index is 12.6. The molecule has 0 aromatic heterocycles. The monoisotopic (exact) mass is 284 g/mol. The molecule has 0 saturated heterocycles. The zero-order valence-electron chi connectivity index (χ0n) is 10.9. The first-order valence-electron chi connectivity index (χ1n) is 6.01. The van der Waals surface area contributed by atoms with Crippen LogP contribution in [0.4, 0.5) is 18.0 Å². The molecule has 0 rings (SSSR count). The minimum absolute atomic E-state index is 0.208. The van der Waals surface area contributed by atoms with Gasteiger partial charge in [-0.2, -0.15) is 13.2 Å². The highest BCUT2D eigenvalue weighted by molar-refractivity contribution is 5.86. The lowest BCUT2D eigenvalue weighted by Gasteiger charge is -2.28. The number of halogens is 3. The number of aliphatic carboxylic acids is 1. The predicted molar refractivity (Wildman–Crippen MR) is 62.8 cm³/mol. The lowest BCUT2D eigenvalue weighted by Crippen LogP contribution is -2.63. The second-order valence-corrected chi connectivity index (χ2v) is 4.37. The Labute approximate surface area is 109 Å². The number of hydrogen-bond acceptors (Lipinski definition) is 2. The Morgan fingerprint density at radius 1 is 1.16 bits per heavy atom. The number of urea groups is 1. The van der Waals surface area contributed by atoms with Crippen molar-refractivity contribution in [3.63, 3.8) is 0 Å². The Kier molecular flexibility index (Phi) is 6.64. The third-order valence-corrected chi connectivity index (χ3v) is 2.67. The van der Waals surface area contributed by atoms with Gasteiger partial charge < -0.3 is 15.7 Å². The van der Waals surface area contributed by atoms with Crippen LogP contribution in [0, 0.1) is 0 Å². The molecule has 19 heavy (non-hydrogen) atoms. The second kappa shape index (κ2) is 7.20. The van der Waals surface area contributed by atoms with Crippen LogP contribution >= 0.6 is 0 Å². The van der Waals surface area contributed by atoms with E-state index in [4.69, 9.17) is 5.11 Å². The summed E-state index contributed by atoms with van der Waals surface area (Å²) in [6, 6.07) is -1.14. The molecule has 1 atom stereocenters. The summed E-state index contributed by atoms with van der Waals surface area (Å²) in [5.74, 6) is -2.15. The fourth-order valence-electron chi connectivity index (χ4n) is 1.27. The van der Waals surface area contributed by atoms with Gasteiger partial charge in [0.15, 0.2) is 0 Å². The van der Waals surface area contributed by atoms with Crippen LogP contribution in [0.25, 0.3) is 0 Å². The van der Waals surface area contributed by atoms with Crippen molar-refractivity contribution < 1.29 is 27.9 Å². The lowest BCUT2D eigenvalue weighted by molar-refractivity contribution is -0.203. The standard InChI is InChI=1S/C11H19F3N2O3/c1-3-4-5-6-7-15-9(19)16-10(2,8(17)18)11(12,13)14/h3-7H2,1-2H3,(H,17,18)(H2,15,16,19). The SMILES string of the molecule is CCCCCCNC(=O)NC(C)(C(=O)O)C(F)(F)F. The summed E-state index contributed by atoms with van der Waals surface area (Å²) in [6.45, 7) is 2.62. The van der Waals surface area contributed by atoms with Gasteiger partial charge in [0.05, 0.1) is 0 Å². The van der Waals surface area contributed by atoms with Gasteiger partial charge in [-0.05, 0) is 13.3 Å². The van der Waals surface area contributed by atoms with Gasteiger partial charge in [-0.25, -0.2) is 9.59 Å². The smallest absolute Gasteiger partial charge is 0.422 e. The molecule has 0 spiro atoms. The van der Waals surface area contributed by atoms with Crippen LogP contribution in [-0.2, 0) is 4.79 Å². The van der Waals surface area contributed by atoms with E-state index in [9.17, 15) is 22.8 Å². The fraction of sp³-hybridized carbons (Fsp3) is 0.818. The molecule has 0 radical (unpaired) electrons. The van der Waals surface area contributed by atoms with Gasteiger partial charge in [0, 0.05) is 6.54 Å². The molecule has 0 aliphatic rings. The number of alkyl halides is 3. The number of hydrogen-bond donors (Lipinski definition) is 3. The van der Waals surface area contributed by atoms with Gasteiger partial charge in [0.25, 0.3) is 0 Å². The summed E-state index contributed by atoms with van der Waals surface area (Å²) >= 11 is 0. The quantitative estimate of drug-likeness (QED) is 0.627. The van der Waals surface area contributed by atoms with Gasteiger partial charge in [-0.15, -0.1) is 0 Å². The van der Waals surface area contributed by atoms with E-state index in [1.807, 2.05) is 6.92 Å². The van der Waals surface area contributed by atoms with Gasteiger partial charge in [0.2, 0.25) is 5.54 Å². The highest BCUT2D eigenvalue weighted by atomic mass is 19.4. The van der Waals surface area contributed by atoms with Gasteiger partial charge in [-0.1, -0.05) is 26.2 Å². The van der Waals surface area contributed by atoms with E-state index in [2.05, 4.69) is 5.32 Å². The van der Waals surface area contributed by atoms with Crippen molar-refractivity contribution in [2.45, 2.75) is 51.2 Å². The van der Waals surface area contributed by atoms with Crippen molar-refractivity contribution in [3.8, 4) is 0 Å². The van der Waals surface area contributed by atoms with Crippen LogP contribution in [0.3, 0.4) is 0 Å². The van der Waals surface area contributed by atoms with Crippen molar-refractivity contribution in [1.29, 1.82) is 0 Å². The molecule has 0 aliphatic carbocycles. The molecule has 2 amide bonds. The van der Waals surface area contributed by atoms with Crippen LogP contribution in [0.15, 0.2) is 0 Å². The molecular weight excluding hydrogens is 265 g/mol. The highest BCUT2D eigenvalue weighted by Gasteiger charge is 2.58. The van der Waals surface area contributed by atoms with Crippen molar-refractivity contribution in [1.82, 2.24) is 10.6 Å². The molecule has 0 bridgehead atoms. The van der Waals surface area contributed by atoms with Crippen molar-refractivity contribution in [2.75, 3.05) is 6.54 Å². The third-order valence-electron chi connectivity index (χ3n) is 2.67. The first-order valence-corrected chi connectivity index (χ1v) is 6.01. The van der Waals surface area contributed by atoms with Crippen LogP contribution in [0.5, 0.6) is 0 Å². The topological polar surface area (TPSA) is 78.4 Å². The maximum Gasteiger partial charge on any atom is 0.422 e. The number of carboxylic acid groups (broad SMARTS) is 1. The van der Waals surface area contributed by atoms with Gasteiger partial charge >= 0.3 is 18.2 Å². The zero-order chi connectivity index (χ0) is 15.1. The summed E-state index contributed by atoms with van der Waals surface area (Å²) in [4.78, 5) is 21.9. The molecule has 0 aromatic rings. The Bertz CT molecular complexity index is 321. The first-order chi connectivity index (χ1) is 8.65. The molecule has 112 valence electrons. The number of amides is 2. The number of carbonyl (C=O) groups is 2. The summed E-state index contributed by atoms with van der Waals surface area (Å²) in [7, 11) is 0. The normalized spacial score (nSPS) is 14.6. The van der Waals surface area contributed by atoms with Crippen molar-refractivity contribution in [2.24, 2.45) is 0 Å². The minimum Gasteiger partial charge on any atom is -0.479 e. The van der Waals surface area contributed by atoms with E-state index in [1.165, 1.54) is 5.32 Å². The number of carboxylic acids is 1. The number of rotatable bonds is 7. The van der Waals surface area contributed by atoms with E-state index >= 15 is 0 Å². The van der Waals surface area contributed by atoms with Crippen LogP contribution in [0.2, 0.25) is 0 Å². The molecule has 0 fully saturated rings. The van der Waals surface area contributed by atoms with Crippen LogP contribution < -0.4 is 10.6 Å². The first kappa shape index (κ1) is 17.5. The van der Waals surface area contributed by atoms with E-state index in [1.54, 1.807) is 0 Å². The minimum atomic E-state index is -5.07. The average Bonchev–Trinajstić information content (AvgIpc) is 2.26. The largest absolute Gasteiger partial charge is 0.479 e. The Morgan fingerprint density at radius 2 is 1.74 bits per heavy atom. The molecule has 0 saturated carbocycles. The number of unbranched alkanes of at least 4 members (excludes halogenated alkanes) is 3. The predicted octanol–water partition coefficient (Wildman–Crippen LogP) is 2.27. The number of carbonyl (C=O) groups excluding carboxylic acids is 1. The van der Waals surface area contributed by atoms with Crippen LogP contribution in [0.1, 0.15) is 39.5 Å². The summed E-state index contributed by atoms with van der Waals surface area (Å²) in [5.41, 5.74) is -3.29. The maximum atomic E-state index is 12.6. The molecule has 8 heteroatoms. The highest BCUT2D eigenvalue weighted by Crippen LogP contribution is 2.30. The summed E-state index contributed by atoms with van der Waals surface area (Å²) < 4.78 is 37.7. The van der Waals surface area contributed by atoms with Crippen LogP contribution in [-0.4, -0.2) is 35.4 Å². The third kappa shape index (κ3) is 5.35. The number of nitrogens with one attached hydrogen (secondary N) is 2. The Hall–Kier alpha value is -1.47. The molecule has 5 nitrogen and oxygen atoms in total. The molecule has 0 aromatic carbocycles. The zero-order valence-corrected chi connectivity index (χ0v) is 10.9. The van der Waals surface area contributed by atoms with E-state index in [-0.39, 0.29) is 6.54 Å². The lowest BCUT2D eigenvalue weighted by atomic mass is 10.0. The Balaban J connectivity index is 4.32. The fourth-order valence-corrected chi connectivity index (χ4v) is 1.27. The molecular formula is C11H19F3N2O3. The molecule has 3 N–H and O–H groups in total.